The molecule has 9 heteroatoms. The molecule has 0 aliphatic carbocycles. The van der Waals surface area contributed by atoms with E-state index in [0.717, 1.165) is 27.1 Å². The standard InChI is InChI=1S/C26H23N5O2S2/c1-16-6-10-20(11-7-16)31-24(22-5-4-12-33-22)29-30-26(31)35-15-23-28-21(14-34-23)25(32)27-19-9-8-17(2)18(3)13-19/h4-14H,15H2,1-3H3,(H,27,32). The zero-order valence-corrected chi connectivity index (χ0v) is 21.1. The van der Waals surface area contributed by atoms with Crippen molar-refractivity contribution in [3.8, 4) is 17.3 Å². The second-order valence-corrected chi connectivity index (χ2v) is 10.0. The molecule has 0 atom stereocenters. The Labute approximate surface area is 211 Å². The summed E-state index contributed by atoms with van der Waals surface area (Å²) in [6, 6.07) is 17.7. The highest BCUT2D eigenvalue weighted by molar-refractivity contribution is 7.98. The van der Waals surface area contributed by atoms with Crippen molar-refractivity contribution in [2.24, 2.45) is 0 Å². The van der Waals surface area contributed by atoms with Gasteiger partial charge in [-0.3, -0.25) is 9.36 Å². The molecule has 3 heterocycles. The number of aryl methyl sites for hydroxylation is 3. The maximum atomic E-state index is 12.7. The van der Waals surface area contributed by atoms with E-state index < -0.39 is 0 Å². The second kappa shape index (κ2) is 9.89. The molecule has 5 aromatic rings. The van der Waals surface area contributed by atoms with Gasteiger partial charge in [0.25, 0.3) is 5.91 Å². The average Bonchev–Trinajstić information content (AvgIpc) is 3.61. The zero-order valence-electron chi connectivity index (χ0n) is 19.5. The van der Waals surface area contributed by atoms with Gasteiger partial charge in [-0.25, -0.2) is 4.98 Å². The Morgan fingerprint density at radius 3 is 2.63 bits per heavy atom. The Morgan fingerprint density at radius 1 is 1.06 bits per heavy atom. The Morgan fingerprint density at radius 2 is 1.89 bits per heavy atom. The van der Waals surface area contributed by atoms with Crippen molar-refractivity contribution < 1.29 is 9.21 Å². The molecule has 0 unspecified atom stereocenters. The largest absolute Gasteiger partial charge is 0.461 e. The molecule has 5 rings (SSSR count). The van der Waals surface area contributed by atoms with Crippen LogP contribution < -0.4 is 5.32 Å². The first-order chi connectivity index (χ1) is 17.0. The van der Waals surface area contributed by atoms with Gasteiger partial charge < -0.3 is 9.73 Å². The van der Waals surface area contributed by atoms with E-state index in [4.69, 9.17) is 4.42 Å². The van der Waals surface area contributed by atoms with E-state index in [1.807, 2.05) is 60.9 Å². The predicted octanol–water partition coefficient (Wildman–Crippen LogP) is 6.45. The average molecular weight is 502 g/mol. The number of carbonyl (C=O) groups excluding carboxylic acids is 1. The monoisotopic (exact) mass is 501 g/mol. The minimum atomic E-state index is -0.219. The molecule has 35 heavy (non-hydrogen) atoms. The number of hydrogen-bond acceptors (Lipinski definition) is 7. The van der Waals surface area contributed by atoms with Gasteiger partial charge in [0.1, 0.15) is 10.7 Å². The lowest BCUT2D eigenvalue weighted by Crippen LogP contribution is -2.12. The van der Waals surface area contributed by atoms with Gasteiger partial charge in [-0.1, -0.05) is 35.5 Å². The minimum Gasteiger partial charge on any atom is -0.461 e. The van der Waals surface area contributed by atoms with Gasteiger partial charge in [-0.05, 0) is 68.3 Å². The molecule has 0 spiro atoms. The SMILES string of the molecule is Cc1ccc(-n2c(SCc3nc(C(=O)Nc4ccc(C)c(C)c4)cs3)nnc2-c2ccco2)cc1. The molecule has 3 aromatic heterocycles. The topological polar surface area (TPSA) is 85.8 Å². The van der Waals surface area contributed by atoms with Gasteiger partial charge in [0.05, 0.1) is 12.0 Å². The van der Waals surface area contributed by atoms with E-state index in [1.54, 1.807) is 11.6 Å². The number of hydrogen-bond donors (Lipinski definition) is 1. The van der Waals surface area contributed by atoms with Crippen molar-refractivity contribution >= 4 is 34.7 Å². The molecule has 0 aliphatic heterocycles. The van der Waals surface area contributed by atoms with Crippen LogP contribution in [0.3, 0.4) is 0 Å². The van der Waals surface area contributed by atoms with Gasteiger partial charge in [0.2, 0.25) is 5.82 Å². The summed E-state index contributed by atoms with van der Waals surface area (Å²) in [7, 11) is 0. The van der Waals surface area contributed by atoms with Gasteiger partial charge >= 0.3 is 0 Å². The molecule has 0 saturated heterocycles. The summed E-state index contributed by atoms with van der Waals surface area (Å²) in [5.74, 6) is 1.62. The molecule has 0 radical (unpaired) electrons. The van der Waals surface area contributed by atoms with E-state index in [-0.39, 0.29) is 5.91 Å². The van der Waals surface area contributed by atoms with E-state index in [2.05, 4.69) is 39.6 Å². The van der Waals surface area contributed by atoms with Crippen molar-refractivity contribution in [2.75, 3.05) is 5.32 Å². The van der Waals surface area contributed by atoms with Crippen molar-refractivity contribution in [3.05, 3.63) is 93.6 Å². The van der Waals surface area contributed by atoms with Crippen LogP contribution in [0.2, 0.25) is 0 Å². The summed E-state index contributed by atoms with van der Waals surface area (Å²) in [5, 5.41) is 15.1. The fourth-order valence-electron chi connectivity index (χ4n) is 3.48. The quantitative estimate of drug-likeness (QED) is 0.258. The van der Waals surface area contributed by atoms with Gasteiger partial charge in [-0.15, -0.1) is 21.5 Å². The van der Waals surface area contributed by atoms with Gasteiger partial charge in [0.15, 0.2) is 10.9 Å². The maximum Gasteiger partial charge on any atom is 0.275 e. The number of aromatic nitrogens is 4. The van der Waals surface area contributed by atoms with Crippen LogP contribution in [-0.4, -0.2) is 25.7 Å². The summed E-state index contributed by atoms with van der Waals surface area (Å²) in [6.07, 6.45) is 1.62. The minimum absolute atomic E-state index is 0.219. The normalized spacial score (nSPS) is 11.1. The maximum absolute atomic E-state index is 12.7. The van der Waals surface area contributed by atoms with Crippen LogP contribution >= 0.6 is 23.1 Å². The molecular weight excluding hydrogens is 478 g/mol. The number of thioether (sulfide) groups is 1. The molecule has 2 aromatic carbocycles. The highest BCUT2D eigenvalue weighted by atomic mass is 32.2. The third-order valence-electron chi connectivity index (χ3n) is 5.54. The van der Waals surface area contributed by atoms with E-state index in [0.29, 0.717) is 23.0 Å². The first-order valence-corrected chi connectivity index (χ1v) is 12.9. The van der Waals surface area contributed by atoms with Crippen molar-refractivity contribution in [1.29, 1.82) is 0 Å². The first-order valence-electron chi connectivity index (χ1n) is 11.0. The number of furan rings is 1. The van der Waals surface area contributed by atoms with E-state index >= 15 is 0 Å². The Kier molecular flexibility index (Phi) is 6.52. The smallest absolute Gasteiger partial charge is 0.275 e. The predicted molar refractivity (Wildman–Crippen MR) is 139 cm³/mol. The van der Waals surface area contributed by atoms with Crippen LogP contribution in [0.25, 0.3) is 17.3 Å². The van der Waals surface area contributed by atoms with Crippen LogP contribution in [-0.2, 0) is 5.75 Å². The molecule has 7 nitrogen and oxygen atoms in total. The summed E-state index contributed by atoms with van der Waals surface area (Å²) in [4.78, 5) is 17.2. The van der Waals surface area contributed by atoms with Crippen molar-refractivity contribution in [3.63, 3.8) is 0 Å². The number of nitrogens with one attached hydrogen (secondary N) is 1. The van der Waals surface area contributed by atoms with E-state index in [1.165, 1.54) is 34.2 Å². The summed E-state index contributed by atoms with van der Waals surface area (Å²) >= 11 is 2.97. The molecule has 1 N–H and O–H groups in total. The molecule has 1 amide bonds. The Bertz CT molecular complexity index is 1470. The van der Waals surface area contributed by atoms with Crippen LogP contribution in [0.4, 0.5) is 5.69 Å². The molecular formula is C26H23N5O2S2. The zero-order chi connectivity index (χ0) is 24.4. The third kappa shape index (κ3) is 5.06. The third-order valence-corrected chi connectivity index (χ3v) is 7.51. The number of carbonyl (C=O) groups is 1. The number of thiazole rings is 1. The molecule has 176 valence electrons. The number of amides is 1. The van der Waals surface area contributed by atoms with Gasteiger partial charge in [-0.2, -0.15) is 0 Å². The van der Waals surface area contributed by atoms with Crippen LogP contribution in [0, 0.1) is 20.8 Å². The second-order valence-electron chi connectivity index (χ2n) is 8.12. The molecule has 0 saturated carbocycles. The fraction of sp³-hybridized carbons (Fsp3) is 0.154. The number of anilines is 1. The molecule has 0 fully saturated rings. The highest BCUT2D eigenvalue weighted by Gasteiger charge is 2.19. The lowest BCUT2D eigenvalue weighted by Gasteiger charge is -2.09. The van der Waals surface area contributed by atoms with Crippen LogP contribution in [0.5, 0.6) is 0 Å². The highest BCUT2D eigenvalue weighted by Crippen LogP contribution is 2.31. The Hall–Kier alpha value is -3.69. The fourth-order valence-corrected chi connectivity index (χ4v) is 5.22. The molecule has 0 bridgehead atoms. The number of nitrogens with zero attached hydrogens (tertiary/aromatic N) is 4. The summed E-state index contributed by atoms with van der Waals surface area (Å²) in [6.45, 7) is 6.12. The summed E-state index contributed by atoms with van der Waals surface area (Å²) in [5.41, 5.74) is 5.60. The lowest BCUT2D eigenvalue weighted by atomic mass is 10.1. The van der Waals surface area contributed by atoms with Crippen molar-refractivity contribution in [1.82, 2.24) is 19.7 Å². The number of benzene rings is 2. The first kappa shape index (κ1) is 23.1. The Balaban J connectivity index is 1.33. The van der Waals surface area contributed by atoms with Crippen molar-refractivity contribution in [2.45, 2.75) is 31.7 Å². The lowest BCUT2D eigenvalue weighted by molar-refractivity contribution is 0.102. The van der Waals surface area contributed by atoms with Crippen LogP contribution in [0.15, 0.2) is 75.8 Å². The molecule has 0 aliphatic rings. The van der Waals surface area contributed by atoms with Gasteiger partial charge in [0, 0.05) is 16.8 Å². The van der Waals surface area contributed by atoms with Crippen LogP contribution in [0.1, 0.15) is 32.2 Å². The van der Waals surface area contributed by atoms with E-state index in [9.17, 15) is 4.79 Å². The summed E-state index contributed by atoms with van der Waals surface area (Å²) < 4.78 is 7.56. The number of rotatable bonds is 7.